The van der Waals surface area contributed by atoms with Crippen LogP contribution in [0.1, 0.15) is 52.2 Å². The van der Waals surface area contributed by atoms with Crippen LogP contribution in [0.2, 0.25) is 0 Å². The van der Waals surface area contributed by atoms with Gasteiger partial charge in [0.1, 0.15) is 5.75 Å². The lowest BCUT2D eigenvalue weighted by Gasteiger charge is -2.25. The van der Waals surface area contributed by atoms with Crippen LogP contribution in [0, 0.1) is 0 Å². The first-order valence-corrected chi connectivity index (χ1v) is 7.11. The summed E-state index contributed by atoms with van der Waals surface area (Å²) < 4.78 is 10.6. The van der Waals surface area contributed by atoms with E-state index >= 15 is 0 Å². The van der Waals surface area contributed by atoms with Gasteiger partial charge in [-0.2, -0.15) is 0 Å². The second-order valence-corrected chi connectivity index (χ2v) is 6.32. The number of esters is 1. The van der Waals surface area contributed by atoms with E-state index in [4.69, 9.17) is 4.74 Å². The number of hydrogen-bond donors (Lipinski definition) is 0. The van der Waals surface area contributed by atoms with E-state index in [1.54, 1.807) is 0 Å². The van der Waals surface area contributed by atoms with Gasteiger partial charge in [-0.3, -0.25) is 4.79 Å². The van der Waals surface area contributed by atoms with Crippen LogP contribution in [-0.4, -0.2) is 19.2 Å². The highest BCUT2D eigenvalue weighted by atomic mass is 16.5. The molecule has 3 nitrogen and oxygen atoms in total. The molecule has 1 rings (SSSR count). The maximum absolute atomic E-state index is 11.2. The number of rotatable bonds is 5. The Bertz CT molecular complexity index is 456. The summed E-state index contributed by atoms with van der Waals surface area (Å²) in [5.41, 5.74) is 2.32. The maximum Gasteiger partial charge on any atom is 0.305 e. The summed E-state index contributed by atoms with van der Waals surface area (Å²) in [6.45, 7) is 10.5. The first-order chi connectivity index (χ1) is 9.24. The summed E-state index contributed by atoms with van der Waals surface area (Å²) in [4.78, 5) is 11.2. The quantitative estimate of drug-likeness (QED) is 0.767. The SMILES string of the molecule is COC(=O)CCc1ccc(OC(C)C)c(C(C)(C)C)c1. The normalized spacial score (nSPS) is 11.6. The van der Waals surface area contributed by atoms with Crippen LogP contribution < -0.4 is 4.74 Å². The molecule has 1 aromatic rings. The zero-order chi connectivity index (χ0) is 15.3. The summed E-state index contributed by atoms with van der Waals surface area (Å²) in [5, 5.41) is 0. The number of ether oxygens (including phenoxy) is 2. The molecule has 0 atom stereocenters. The van der Waals surface area contributed by atoms with Crippen molar-refractivity contribution < 1.29 is 14.3 Å². The second kappa shape index (κ2) is 6.78. The van der Waals surface area contributed by atoms with Gasteiger partial charge in [0.2, 0.25) is 0 Å². The summed E-state index contributed by atoms with van der Waals surface area (Å²) in [7, 11) is 1.42. The number of carbonyl (C=O) groups excluding carboxylic acids is 1. The van der Waals surface area contributed by atoms with E-state index < -0.39 is 0 Å². The first-order valence-electron chi connectivity index (χ1n) is 7.11. The lowest BCUT2D eigenvalue weighted by atomic mass is 9.85. The third-order valence-corrected chi connectivity index (χ3v) is 3.06. The molecule has 0 amide bonds. The maximum atomic E-state index is 11.2. The Hall–Kier alpha value is -1.51. The van der Waals surface area contributed by atoms with Crippen molar-refractivity contribution in [1.82, 2.24) is 0 Å². The highest BCUT2D eigenvalue weighted by molar-refractivity contribution is 5.69. The van der Waals surface area contributed by atoms with Crippen molar-refractivity contribution in [3.05, 3.63) is 29.3 Å². The molecule has 0 aliphatic rings. The predicted octanol–water partition coefficient (Wildman–Crippen LogP) is 3.88. The highest BCUT2D eigenvalue weighted by Gasteiger charge is 2.20. The third kappa shape index (κ3) is 4.87. The molecule has 0 spiro atoms. The Kier molecular flexibility index (Phi) is 5.61. The molecule has 1 aromatic carbocycles. The van der Waals surface area contributed by atoms with Crippen LogP contribution in [-0.2, 0) is 21.4 Å². The van der Waals surface area contributed by atoms with Crippen LogP contribution in [0.3, 0.4) is 0 Å². The smallest absolute Gasteiger partial charge is 0.305 e. The van der Waals surface area contributed by atoms with Crippen LogP contribution in [0.15, 0.2) is 18.2 Å². The Labute approximate surface area is 122 Å². The summed E-state index contributed by atoms with van der Waals surface area (Å²) in [5.74, 6) is 0.749. The fourth-order valence-corrected chi connectivity index (χ4v) is 2.02. The number of methoxy groups -OCH3 is 1. The van der Waals surface area contributed by atoms with Gasteiger partial charge in [-0.1, -0.05) is 32.9 Å². The number of carbonyl (C=O) groups is 1. The Morgan fingerprint density at radius 3 is 2.40 bits per heavy atom. The number of benzene rings is 1. The van der Waals surface area contributed by atoms with Crippen molar-refractivity contribution in [3.63, 3.8) is 0 Å². The second-order valence-electron chi connectivity index (χ2n) is 6.32. The van der Waals surface area contributed by atoms with Gasteiger partial charge in [-0.25, -0.2) is 0 Å². The average molecular weight is 278 g/mol. The van der Waals surface area contributed by atoms with Crippen LogP contribution in [0.4, 0.5) is 0 Å². The van der Waals surface area contributed by atoms with Crippen molar-refractivity contribution in [2.24, 2.45) is 0 Å². The van der Waals surface area contributed by atoms with E-state index in [1.165, 1.54) is 12.7 Å². The molecule has 0 bridgehead atoms. The van der Waals surface area contributed by atoms with Crippen molar-refractivity contribution in [3.8, 4) is 5.75 Å². The van der Waals surface area contributed by atoms with Gasteiger partial charge >= 0.3 is 5.97 Å². The minimum atomic E-state index is -0.176. The van der Waals surface area contributed by atoms with E-state index in [-0.39, 0.29) is 17.5 Å². The summed E-state index contributed by atoms with van der Waals surface area (Å²) in [6.07, 6.45) is 1.25. The average Bonchev–Trinajstić information content (AvgIpc) is 2.35. The molecule has 112 valence electrons. The highest BCUT2D eigenvalue weighted by Crippen LogP contribution is 2.33. The standard InChI is InChI=1S/C17H26O3/c1-12(2)20-15-9-7-13(8-10-16(18)19-6)11-14(15)17(3,4)5/h7,9,11-12H,8,10H2,1-6H3. The minimum absolute atomic E-state index is 0.00545. The lowest BCUT2D eigenvalue weighted by Crippen LogP contribution is -2.16. The van der Waals surface area contributed by atoms with Gasteiger partial charge in [0, 0.05) is 6.42 Å². The molecule has 0 aliphatic heterocycles. The first kappa shape index (κ1) is 16.5. The fraction of sp³-hybridized carbons (Fsp3) is 0.588. The molecule has 0 unspecified atom stereocenters. The van der Waals surface area contributed by atoms with Crippen LogP contribution >= 0.6 is 0 Å². The van der Waals surface area contributed by atoms with Gasteiger partial charge < -0.3 is 9.47 Å². The summed E-state index contributed by atoms with van der Waals surface area (Å²) >= 11 is 0. The molecule has 20 heavy (non-hydrogen) atoms. The molecule has 3 heteroatoms. The van der Waals surface area contributed by atoms with Crippen molar-refractivity contribution >= 4 is 5.97 Å². The molecule has 0 aliphatic carbocycles. The Morgan fingerprint density at radius 1 is 1.25 bits per heavy atom. The van der Waals surface area contributed by atoms with Crippen LogP contribution in [0.25, 0.3) is 0 Å². The van der Waals surface area contributed by atoms with Crippen molar-refractivity contribution in [2.75, 3.05) is 7.11 Å². The molecule has 0 saturated heterocycles. The van der Waals surface area contributed by atoms with Gasteiger partial charge in [0.25, 0.3) is 0 Å². The Morgan fingerprint density at radius 2 is 1.90 bits per heavy atom. The van der Waals surface area contributed by atoms with Gasteiger partial charge in [-0.05, 0) is 42.9 Å². The monoisotopic (exact) mass is 278 g/mol. The molecule has 0 fully saturated rings. The zero-order valence-corrected chi connectivity index (χ0v) is 13.4. The number of hydrogen-bond acceptors (Lipinski definition) is 3. The van der Waals surface area contributed by atoms with Gasteiger partial charge in [0.05, 0.1) is 13.2 Å². The van der Waals surface area contributed by atoms with Crippen molar-refractivity contribution in [2.45, 2.75) is 59.0 Å². The minimum Gasteiger partial charge on any atom is -0.491 e. The predicted molar refractivity (Wildman–Crippen MR) is 81.2 cm³/mol. The van der Waals surface area contributed by atoms with Gasteiger partial charge in [0.15, 0.2) is 0 Å². The molecular formula is C17H26O3. The fourth-order valence-electron chi connectivity index (χ4n) is 2.02. The Balaban J connectivity index is 2.99. The summed E-state index contributed by atoms with van der Waals surface area (Å²) in [6, 6.07) is 6.17. The number of aryl methyl sites for hydroxylation is 1. The lowest BCUT2D eigenvalue weighted by molar-refractivity contribution is -0.140. The molecule has 0 saturated carbocycles. The molecule has 0 radical (unpaired) electrons. The van der Waals surface area contributed by atoms with Crippen LogP contribution in [0.5, 0.6) is 5.75 Å². The third-order valence-electron chi connectivity index (χ3n) is 3.06. The van der Waals surface area contributed by atoms with E-state index in [2.05, 4.69) is 31.6 Å². The van der Waals surface area contributed by atoms with Crippen molar-refractivity contribution in [1.29, 1.82) is 0 Å². The van der Waals surface area contributed by atoms with E-state index in [1.807, 2.05) is 26.0 Å². The van der Waals surface area contributed by atoms with E-state index in [9.17, 15) is 4.79 Å². The molecule has 0 N–H and O–H groups in total. The molecular weight excluding hydrogens is 252 g/mol. The zero-order valence-electron chi connectivity index (χ0n) is 13.4. The van der Waals surface area contributed by atoms with Gasteiger partial charge in [-0.15, -0.1) is 0 Å². The topological polar surface area (TPSA) is 35.5 Å². The molecule has 0 aromatic heterocycles. The van der Waals surface area contributed by atoms with E-state index in [0.717, 1.165) is 11.3 Å². The largest absolute Gasteiger partial charge is 0.491 e. The molecule has 0 heterocycles. The van der Waals surface area contributed by atoms with E-state index in [0.29, 0.717) is 12.8 Å².